The van der Waals surface area contributed by atoms with Crippen LogP contribution in [-0.2, 0) is 21.3 Å². The maximum absolute atomic E-state index is 13.0. The molecule has 1 unspecified atom stereocenters. The molecular formula is C23H17F3NO4S-. The van der Waals surface area contributed by atoms with Crippen LogP contribution < -0.4 is 10.1 Å². The average Bonchev–Trinajstić information content (AvgIpc) is 3.55. The van der Waals surface area contributed by atoms with E-state index in [1.807, 2.05) is 6.07 Å². The fourth-order valence-electron chi connectivity index (χ4n) is 3.53. The molecule has 1 aliphatic carbocycles. The molecule has 0 aromatic heterocycles. The second kappa shape index (κ2) is 8.40. The van der Waals surface area contributed by atoms with Crippen LogP contribution in [0, 0.1) is 0 Å². The fraction of sp³-hybridized carbons (Fsp3) is 0.174. The lowest BCUT2D eigenvalue weighted by atomic mass is 9.94. The van der Waals surface area contributed by atoms with Crippen LogP contribution in [0.25, 0.3) is 11.1 Å². The lowest BCUT2D eigenvalue weighted by Gasteiger charge is -2.17. The summed E-state index contributed by atoms with van der Waals surface area (Å²) in [4.78, 5) is 13.2. The van der Waals surface area contributed by atoms with Gasteiger partial charge in [0.2, 0.25) is 5.91 Å². The molecule has 1 atom stereocenters. The van der Waals surface area contributed by atoms with Crippen molar-refractivity contribution in [3.63, 3.8) is 0 Å². The third-order valence-corrected chi connectivity index (χ3v) is 5.98. The smallest absolute Gasteiger partial charge is 0.573 e. The van der Waals surface area contributed by atoms with Crippen molar-refractivity contribution in [1.82, 2.24) is 0 Å². The van der Waals surface area contributed by atoms with Gasteiger partial charge in [-0.2, -0.15) is 0 Å². The summed E-state index contributed by atoms with van der Waals surface area (Å²) in [5.74, 6) is -0.576. The Bertz CT molecular complexity index is 1160. The van der Waals surface area contributed by atoms with Crippen LogP contribution in [0.15, 0.2) is 77.7 Å². The van der Waals surface area contributed by atoms with E-state index in [0.29, 0.717) is 24.1 Å². The first-order valence-electron chi connectivity index (χ1n) is 9.64. The number of ether oxygens (including phenoxy) is 1. The Kier molecular flexibility index (Phi) is 5.79. The van der Waals surface area contributed by atoms with E-state index in [9.17, 15) is 26.7 Å². The molecule has 0 aliphatic heterocycles. The van der Waals surface area contributed by atoms with E-state index in [2.05, 4.69) is 10.1 Å². The molecule has 1 aliphatic rings. The summed E-state index contributed by atoms with van der Waals surface area (Å²) in [5.41, 5.74) is 1.99. The Hall–Kier alpha value is -3.17. The predicted octanol–water partition coefficient (Wildman–Crippen LogP) is 5.16. The largest absolute Gasteiger partial charge is 0.768 e. The maximum Gasteiger partial charge on any atom is 0.573 e. The summed E-state index contributed by atoms with van der Waals surface area (Å²) < 4.78 is 63.0. The summed E-state index contributed by atoms with van der Waals surface area (Å²) in [6, 6.07) is 18.8. The zero-order chi connectivity index (χ0) is 22.9. The number of carbonyl (C=O) groups is 1. The Morgan fingerprint density at radius 1 is 0.969 bits per heavy atom. The SMILES string of the molecule is O=C(Nc1cccc(-c2ccc(S(=O)[O-])cc2)c1)C1(c2ccc(OC(F)(F)F)cc2)CC1. The third-order valence-electron chi connectivity index (χ3n) is 5.33. The van der Waals surface area contributed by atoms with Crippen molar-refractivity contribution in [2.24, 2.45) is 0 Å². The Balaban J connectivity index is 1.49. The number of benzene rings is 3. The molecule has 0 spiro atoms. The van der Waals surface area contributed by atoms with Crippen molar-refractivity contribution in [3.8, 4) is 16.9 Å². The van der Waals surface area contributed by atoms with E-state index in [-0.39, 0.29) is 16.6 Å². The van der Waals surface area contributed by atoms with E-state index < -0.39 is 22.9 Å². The summed E-state index contributed by atoms with van der Waals surface area (Å²) >= 11 is -2.30. The van der Waals surface area contributed by atoms with Gasteiger partial charge in [0.05, 0.1) is 5.41 Å². The van der Waals surface area contributed by atoms with Crippen molar-refractivity contribution in [1.29, 1.82) is 0 Å². The monoisotopic (exact) mass is 460 g/mol. The molecule has 3 aromatic carbocycles. The van der Waals surface area contributed by atoms with Crippen molar-refractivity contribution in [3.05, 3.63) is 78.4 Å². The molecule has 1 N–H and O–H groups in total. The van der Waals surface area contributed by atoms with Gasteiger partial charge in [-0.15, -0.1) is 13.2 Å². The first-order valence-corrected chi connectivity index (χ1v) is 10.7. The zero-order valence-electron chi connectivity index (χ0n) is 16.5. The molecule has 1 saturated carbocycles. The number of nitrogens with one attached hydrogen (secondary N) is 1. The van der Waals surface area contributed by atoms with Gasteiger partial charge in [-0.3, -0.25) is 9.00 Å². The highest BCUT2D eigenvalue weighted by Gasteiger charge is 2.51. The van der Waals surface area contributed by atoms with Gasteiger partial charge < -0.3 is 14.6 Å². The van der Waals surface area contributed by atoms with Gasteiger partial charge in [0, 0.05) is 10.6 Å². The minimum atomic E-state index is -4.77. The molecule has 5 nitrogen and oxygen atoms in total. The fourth-order valence-corrected chi connectivity index (χ4v) is 3.89. The highest BCUT2D eigenvalue weighted by molar-refractivity contribution is 7.79. The predicted molar refractivity (Wildman–Crippen MR) is 112 cm³/mol. The molecule has 0 bridgehead atoms. The van der Waals surface area contributed by atoms with Crippen LogP contribution in [0.4, 0.5) is 18.9 Å². The van der Waals surface area contributed by atoms with Crippen molar-refractivity contribution < 1.29 is 31.5 Å². The Morgan fingerprint density at radius 2 is 1.62 bits per heavy atom. The summed E-state index contributed by atoms with van der Waals surface area (Å²) in [6.45, 7) is 0. The molecule has 1 amide bonds. The molecule has 0 heterocycles. The van der Waals surface area contributed by atoms with Gasteiger partial charge >= 0.3 is 6.36 Å². The van der Waals surface area contributed by atoms with Crippen LogP contribution in [0.2, 0.25) is 0 Å². The molecule has 32 heavy (non-hydrogen) atoms. The molecule has 3 aromatic rings. The summed E-state index contributed by atoms with van der Waals surface area (Å²) in [6.07, 6.45) is -3.59. The van der Waals surface area contributed by atoms with Crippen LogP contribution >= 0.6 is 0 Å². The number of anilines is 1. The second-order valence-corrected chi connectivity index (χ2v) is 8.39. The first kappa shape index (κ1) is 22.0. The molecular weight excluding hydrogens is 443 g/mol. The first-order chi connectivity index (χ1) is 15.2. The lowest BCUT2D eigenvalue weighted by molar-refractivity contribution is -0.274. The molecule has 166 valence electrons. The topological polar surface area (TPSA) is 78.5 Å². The lowest BCUT2D eigenvalue weighted by Crippen LogP contribution is -2.27. The van der Waals surface area contributed by atoms with Crippen molar-refractivity contribution >= 4 is 22.7 Å². The van der Waals surface area contributed by atoms with Gasteiger partial charge in [0.25, 0.3) is 0 Å². The number of carbonyl (C=O) groups excluding carboxylic acids is 1. The van der Waals surface area contributed by atoms with Gasteiger partial charge in [0.15, 0.2) is 0 Å². The number of amides is 1. The van der Waals surface area contributed by atoms with Crippen LogP contribution in [-0.4, -0.2) is 21.0 Å². The molecule has 0 radical (unpaired) electrons. The minimum absolute atomic E-state index is 0.181. The Morgan fingerprint density at radius 3 is 2.19 bits per heavy atom. The summed E-state index contributed by atoms with van der Waals surface area (Å²) in [7, 11) is 0. The number of alkyl halides is 3. The van der Waals surface area contributed by atoms with E-state index >= 15 is 0 Å². The van der Waals surface area contributed by atoms with E-state index in [1.165, 1.54) is 36.4 Å². The van der Waals surface area contributed by atoms with Crippen LogP contribution in [0.1, 0.15) is 18.4 Å². The third kappa shape index (κ3) is 4.84. The number of hydrogen-bond donors (Lipinski definition) is 1. The minimum Gasteiger partial charge on any atom is -0.768 e. The molecule has 4 rings (SSSR count). The molecule has 1 fully saturated rings. The van der Waals surface area contributed by atoms with Gasteiger partial charge in [-0.05, 0) is 77.0 Å². The Labute approximate surface area is 184 Å². The number of hydrogen-bond acceptors (Lipinski definition) is 4. The second-order valence-electron chi connectivity index (χ2n) is 7.45. The van der Waals surface area contributed by atoms with E-state index in [0.717, 1.165) is 11.1 Å². The van der Waals surface area contributed by atoms with Gasteiger partial charge in [-0.1, -0.05) is 36.4 Å². The van der Waals surface area contributed by atoms with E-state index in [1.54, 1.807) is 30.3 Å². The van der Waals surface area contributed by atoms with Crippen LogP contribution in [0.5, 0.6) is 5.75 Å². The number of rotatable bonds is 6. The molecule has 9 heteroatoms. The quantitative estimate of drug-likeness (QED) is 0.516. The molecule has 0 saturated heterocycles. The highest BCUT2D eigenvalue weighted by Crippen LogP contribution is 2.49. The summed E-state index contributed by atoms with van der Waals surface area (Å²) in [5, 5.41) is 2.89. The van der Waals surface area contributed by atoms with Crippen LogP contribution in [0.3, 0.4) is 0 Å². The highest BCUT2D eigenvalue weighted by atomic mass is 32.2. The van der Waals surface area contributed by atoms with Gasteiger partial charge in [-0.25, -0.2) is 0 Å². The standard InChI is InChI=1S/C23H18F3NO4S/c24-23(25,26)31-19-8-6-17(7-9-19)22(12-13-22)21(28)27-18-3-1-2-16(14-18)15-4-10-20(11-5-15)32(29)30/h1-11,14H,12-13H2,(H,27,28)(H,29,30)/p-1. The average molecular weight is 460 g/mol. The maximum atomic E-state index is 13.0. The van der Waals surface area contributed by atoms with Crippen molar-refractivity contribution in [2.75, 3.05) is 5.32 Å². The van der Waals surface area contributed by atoms with Crippen molar-refractivity contribution in [2.45, 2.75) is 29.5 Å². The number of halogens is 3. The normalized spacial score (nSPS) is 15.6. The van der Waals surface area contributed by atoms with E-state index in [4.69, 9.17) is 0 Å². The zero-order valence-corrected chi connectivity index (χ0v) is 17.3. The van der Waals surface area contributed by atoms with Gasteiger partial charge in [0.1, 0.15) is 5.75 Å².